The number of ketones is 1. The molecular weight excluding hydrogens is 250 g/mol. The monoisotopic (exact) mass is 267 g/mol. The number of Topliss-reactive ketones (excluding diaryl/α,β-unsaturated/α-hetero) is 1. The summed E-state index contributed by atoms with van der Waals surface area (Å²) in [5, 5.41) is 8.47. The van der Waals surface area contributed by atoms with Crippen LogP contribution in [0.25, 0.3) is 0 Å². The van der Waals surface area contributed by atoms with Gasteiger partial charge < -0.3 is 0 Å². The quantitative estimate of drug-likeness (QED) is 0.839. The fourth-order valence-corrected chi connectivity index (χ4v) is 2.71. The van der Waals surface area contributed by atoms with Crippen molar-refractivity contribution in [2.75, 3.05) is 0 Å². The Morgan fingerprint density at radius 1 is 1.25 bits per heavy atom. The van der Waals surface area contributed by atoms with E-state index in [1.165, 1.54) is 0 Å². The third-order valence-electron chi connectivity index (χ3n) is 4.15. The van der Waals surface area contributed by atoms with E-state index < -0.39 is 5.41 Å². The molecule has 1 atom stereocenters. The first kappa shape index (κ1) is 12.9. The van der Waals surface area contributed by atoms with E-state index in [1.54, 1.807) is 6.20 Å². The van der Waals surface area contributed by atoms with Gasteiger partial charge in [-0.05, 0) is 50.5 Å². The van der Waals surface area contributed by atoms with E-state index in [1.807, 2.05) is 38.1 Å². The lowest BCUT2D eigenvalue weighted by atomic mass is 9.71. The Bertz CT molecular complexity index is 651. The van der Waals surface area contributed by atoms with Crippen LogP contribution in [0.1, 0.15) is 47.7 Å². The SMILES string of the molecule is CCc1ccc(C2(C)CCc3ncccc3C2=O)nn1. The van der Waals surface area contributed by atoms with E-state index in [-0.39, 0.29) is 5.78 Å². The van der Waals surface area contributed by atoms with Crippen molar-refractivity contribution in [2.24, 2.45) is 0 Å². The van der Waals surface area contributed by atoms with Crippen molar-refractivity contribution in [3.05, 3.63) is 53.1 Å². The minimum Gasteiger partial charge on any atom is -0.293 e. The summed E-state index contributed by atoms with van der Waals surface area (Å²) in [4.78, 5) is 17.1. The first-order valence-electron chi connectivity index (χ1n) is 6.97. The Morgan fingerprint density at radius 2 is 2.10 bits per heavy atom. The van der Waals surface area contributed by atoms with Gasteiger partial charge in [-0.25, -0.2) is 0 Å². The van der Waals surface area contributed by atoms with Gasteiger partial charge in [-0.15, -0.1) is 0 Å². The lowest BCUT2D eigenvalue weighted by molar-refractivity contribution is 0.0869. The lowest BCUT2D eigenvalue weighted by Crippen LogP contribution is -2.38. The summed E-state index contributed by atoms with van der Waals surface area (Å²) < 4.78 is 0. The largest absolute Gasteiger partial charge is 0.293 e. The Kier molecular flexibility index (Phi) is 3.08. The van der Waals surface area contributed by atoms with Crippen LogP contribution in [0.3, 0.4) is 0 Å². The van der Waals surface area contributed by atoms with Crippen molar-refractivity contribution in [1.29, 1.82) is 0 Å². The summed E-state index contributed by atoms with van der Waals surface area (Å²) in [5.74, 6) is 0.102. The molecule has 2 aromatic rings. The van der Waals surface area contributed by atoms with Crippen molar-refractivity contribution in [3.63, 3.8) is 0 Å². The highest BCUT2D eigenvalue weighted by Crippen LogP contribution is 2.36. The molecule has 102 valence electrons. The van der Waals surface area contributed by atoms with Crippen LogP contribution in [0.2, 0.25) is 0 Å². The first-order chi connectivity index (χ1) is 9.65. The topological polar surface area (TPSA) is 55.7 Å². The summed E-state index contributed by atoms with van der Waals surface area (Å²) in [6, 6.07) is 7.56. The standard InChI is InChI=1S/C16H17N3O/c1-3-11-6-7-14(19-18-11)16(2)9-8-13-12(15(16)20)5-4-10-17-13/h4-7,10H,3,8-9H2,1-2H3. The van der Waals surface area contributed by atoms with Gasteiger partial charge in [0.2, 0.25) is 0 Å². The fraction of sp³-hybridized carbons (Fsp3) is 0.375. The van der Waals surface area contributed by atoms with Crippen LogP contribution in [-0.2, 0) is 18.3 Å². The molecule has 0 aliphatic heterocycles. The van der Waals surface area contributed by atoms with Crippen LogP contribution in [0, 0.1) is 0 Å². The van der Waals surface area contributed by atoms with E-state index in [9.17, 15) is 4.79 Å². The number of hydrogen-bond acceptors (Lipinski definition) is 4. The molecule has 0 saturated heterocycles. The number of pyridine rings is 1. The third-order valence-corrected chi connectivity index (χ3v) is 4.15. The molecule has 0 aromatic carbocycles. The second-order valence-electron chi connectivity index (χ2n) is 5.42. The molecule has 4 heteroatoms. The number of aryl methyl sites for hydroxylation is 2. The third kappa shape index (κ3) is 1.92. The summed E-state index contributed by atoms with van der Waals surface area (Å²) >= 11 is 0. The summed E-state index contributed by atoms with van der Waals surface area (Å²) in [6.07, 6.45) is 4.13. The molecule has 1 aliphatic rings. The smallest absolute Gasteiger partial charge is 0.176 e. The van der Waals surface area contributed by atoms with Gasteiger partial charge in [0.1, 0.15) is 0 Å². The maximum Gasteiger partial charge on any atom is 0.176 e. The van der Waals surface area contributed by atoms with E-state index in [0.29, 0.717) is 0 Å². The molecule has 0 fully saturated rings. The predicted molar refractivity (Wildman–Crippen MR) is 75.7 cm³/mol. The molecule has 0 saturated carbocycles. The Labute approximate surface area is 118 Å². The van der Waals surface area contributed by atoms with E-state index in [4.69, 9.17) is 0 Å². The van der Waals surface area contributed by atoms with Gasteiger partial charge in [0.05, 0.1) is 22.5 Å². The molecule has 4 nitrogen and oxygen atoms in total. The number of aromatic nitrogens is 3. The van der Waals surface area contributed by atoms with Crippen LogP contribution in [0.5, 0.6) is 0 Å². The molecule has 1 aliphatic carbocycles. The highest BCUT2D eigenvalue weighted by Gasteiger charge is 2.41. The van der Waals surface area contributed by atoms with Crippen LogP contribution in [0.15, 0.2) is 30.5 Å². The zero-order valence-corrected chi connectivity index (χ0v) is 11.8. The van der Waals surface area contributed by atoms with Crippen molar-refractivity contribution >= 4 is 5.78 Å². The van der Waals surface area contributed by atoms with Crippen molar-refractivity contribution in [1.82, 2.24) is 15.2 Å². The zero-order valence-electron chi connectivity index (χ0n) is 11.8. The lowest BCUT2D eigenvalue weighted by Gasteiger charge is -2.31. The molecule has 2 heterocycles. The molecule has 0 N–H and O–H groups in total. The van der Waals surface area contributed by atoms with Gasteiger partial charge in [-0.3, -0.25) is 9.78 Å². The molecule has 2 aromatic heterocycles. The van der Waals surface area contributed by atoms with Gasteiger partial charge in [0.25, 0.3) is 0 Å². The number of rotatable bonds is 2. The Balaban J connectivity index is 2.02. The molecule has 20 heavy (non-hydrogen) atoms. The molecule has 0 spiro atoms. The van der Waals surface area contributed by atoms with Crippen molar-refractivity contribution in [2.45, 2.75) is 38.5 Å². The number of fused-ring (bicyclic) bond motifs is 1. The summed E-state index contributed by atoms with van der Waals surface area (Å²) in [5.41, 5.74) is 2.74. The highest BCUT2D eigenvalue weighted by atomic mass is 16.1. The van der Waals surface area contributed by atoms with Gasteiger partial charge in [0.15, 0.2) is 5.78 Å². The van der Waals surface area contributed by atoms with E-state index in [0.717, 1.165) is 41.9 Å². The van der Waals surface area contributed by atoms with Crippen molar-refractivity contribution < 1.29 is 4.79 Å². The van der Waals surface area contributed by atoms with Crippen LogP contribution in [0.4, 0.5) is 0 Å². The first-order valence-corrected chi connectivity index (χ1v) is 6.97. The summed E-state index contributed by atoms with van der Waals surface area (Å²) in [6.45, 7) is 4.00. The van der Waals surface area contributed by atoms with E-state index >= 15 is 0 Å². The number of carbonyl (C=O) groups is 1. The van der Waals surface area contributed by atoms with E-state index in [2.05, 4.69) is 15.2 Å². The minimum atomic E-state index is -0.588. The molecule has 3 rings (SSSR count). The van der Waals surface area contributed by atoms with Gasteiger partial charge in [0, 0.05) is 11.8 Å². The van der Waals surface area contributed by atoms with Gasteiger partial charge in [-0.1, -0.05) is 6.92 Å². The number of hydrogen-bond donors (Lipinski definition) is 0. The van der Waals surface area contributed by atoms with Gasteiger partial charge >= 0.3 is 0 Å². The molecule has 0 radical (unpaired) electrons. The number of nitrogens with zero attached hydrogens (tertiary/aromatic N) is 3. The van der Waals surface area contributed by atoms with Crippen LogP contribution >= 0.6 is 0 Å². The summed E-state index contributed by atoms with van der Waals surface area (Å²) in [7, 11) is 0. The molecule has 0 amide bonds. The maximum absolute atomic E-state index is 12.8. The van der Waals surface area contributed by atoms with Crippen LogP contribution in [-0.4, -0.2) is 21.0 Å². The van der Waals surface area contributed by atoms with Gasteiger partial charge in [-0.2, -0.15) is 10.2 Å². The average molecular weight is 267 g/mol. The maximum atomic E-state index is 12.8. The molecular formula is C16H17N3O. The second-order valence-corrected chi connectivity index (χ2v) is 5.42. The predicted octanol–water partition coefficient (Wildman–Crippen LogP) is 2.52. The zero-order chi connectivity index (χ0) is 14.2. The molecule has 0 bridgehead atoms. The normalized spacial score (nSPS) is 21.6. The second kappa shape index (κ2) is 4.78. The number of carbonyl (C=O) groups excluding carboxylic acids is 1. The van der Waals surface area contributed by atoms with Crippen LogP contribution < -0.4 is 0 Å². The Hall–Kier alpha value is -2.10. The average Bonchev–Trinajstić information content (AvgIpc) is 2.51. The minimum absolute atomic E-state index is 0.102. The fourth-order valence-electron chi connectivity index (χ4n) is 2.71. The van der Waals surface area contributed by atoms with Crippen molar-refractivity contribution in [3.8, 4) is 0 Å². The molecule has 1 unspecified atom stereocenters. The Morgan fingerprint density at radius 3 is 2.80 bits per heavy atom. The highest BCUT2D eigenvalue weighted by molar-refractivity contribution is 6.05.